The second-order valence-corrected chi connectivity index (χ2v) is 5.52. The maximum absolute atomic E-state index is 5.71. The van der Waals surface area contributed by atoms with E-state index in [0.717, 1.165) is 27.3 Å². The molecule has 4 heteroatoms. The van der Waals surface area contributed by atoms with Crippen LogP contribution in [0.1, 0.15) is 31.6 Å². The highest BCUT2D eigenvalue weighted by atomic mass is 32.1. The van der Waals surface area contributed by atoms with Gasteiger partial charge in [-0.3, -0.25) is 0 Å². The summed E-state index contributed by atoms with van der Waals surface area (Å²) < 4.78 is 11.4. The standard InChI is InChI=1S/C12H20O2SSi/c1-4-13-11-9(8(3)15)6-7-10(16)12(11)14-5-2/h6-8,15H,4-5H2,1-3,16H3. The predicted molar refractivity (Wildman–Crippen MR) is 75.8 cm³/mol. The van der Waals surface area contributed by atoms with Crippen molar-refractivity contribution >= 4 is 28.1 Å². The van der Waals surface area contributed by atoms with Crippen LogP contribution in [0.15, 0.2) is 12.1 Å². The first-order valence-corrected chi connectivity index (χ1v) is 7.20. The summed E-state index contributed by atoms with van der Waals surface area (Å²) in [5, 5.41) is 1.39. The molecule has 1 rings (SSSR count). The highest BCUT2D eigenvalue weighted by Crippen LogP contribution is 2.35. The summed E-state index contributed by atoms with van der Waals surface area (Å²) in [5.41, 5.74) is 1.10. The van der Waals surface area contributed by atoms with E-state index in [1.165, 1.54) is 5.19 Å². The van der Waals surface area contributed by atoms with Crippen LogP contribution in [0, 0.1) is 0 Å². The smallest absolute Gasteiger partial charge is 0.165 e. The van der Waals surface area contributed by atoms with E-state index >= 15 is 0 Å². The Hall–Kier alpha value is -0.613. The maximum atomic E-state index is 5.71. The van der Waals surface area contributed by atoms with E-state index in [-0.39, 0.29) is 5.25 Å². The van der Waals surface area contributed by atoms with Crippen LogP contribution >= 0.6 is 12.6 Å². The Labute approximate surface area is 106 Å². The van der Waals surface area contributed by atoms with Crippen LogP contribution in [-0.4, -0.2) is 23.5 Å². The van der Waals surface area contributed by atoms with Crippen molar-refractivity contribution in [3.8, 4) is 11.5 Å². The molecule has 0 aliphatic carbocycles. The molecule has 0 radical (unpaired) electrons. The molecule has 1 unspecified atom stereocenters. The highest BCUT2D eigenvalue weighted by molar-refractivity contribution is 7.80. The molecule has 0 aliphatic rings. The van der Waals surface area contributed by atoms with Crippen molar-refractivity contribution in [2.24, 2.45) is 0 Å². The van der Waals surface area contributed by atoms with Gasteiger partial charge in [-0.25, -0.2) is 0 Å². The fourth-order valence-electron chi connectivity index (χ4n) is 1.62. The van der Waals surface area contributed by atoms with Crippen LogP contribution in [0.4, 0.5) is 0 Å². The Morgan fingerprint density at radius 3 is 2.25 bits per heavy atom. The van der Waals surface area contributed by atoms with Crippen LogP contribution < -0.4 is 14.7 Å². The lowest BCUT2D eigenvalue weighted by Crippen LogP contribution is -2.13. The molecule has 0 bridgehead atoms. The monoisotopic (exact) mass is 256 g/mol. The van der Waals surface area contributed by atoms with Gasteiger partial charge in [-0.2, -0.15) is 12.6 Å². The van der Waals surface area contributed by atoms with Gasteiger partial charge in [0.15, 0.2) is 11.5 Å². The van der Waals surface area contributed by atoms with E-state index in [4.69, 9.17) is 9.47 Å². The first kappa shape index (κ1) is 13.5. The normalized spacial score (nSPS) is 12.5. The van der Waals surface area contributed by atoms with Crippen LogP contribution in [0.5, 0.6) is 11.5 Å². The fraction of sp³-hybridized carbons (Fsp3) is 0.500. The summed E-state index contributed by atoms with van der Waals surface area (Å²) in [6.07, 6.45) is 0. The summed E-state index contributed by atoms with van der Waals surface area (Å²) in [4.78, 5) is 0. The lowest BCUT2D eigenvalue weighted by Gasteiger charge is -2.18. The number of rotatable bonds is 5. The van der Waals surface area contributed by atoms with Crippen molar-refractivity contribution in [3.05, 3.63) is 17.7 Å². The number of benzene rings is 1. The summed E-state index contributed by atoms with van der Waals surface area (Å²) in [5.74, 6) is 1.79. The van der Waals surface area contributed by atoms with E-state index in [1.54, 1.807) is 0 Å². The third-order valence-electron chi connectivity index (χ3n) is 2.37. The number of hydrogen-bond donors (Lipinski definition) is 1. The van der Waals surface area contributed by atoms with E-state index in [1.807, 2.05) is 20.8 Å². The molecule has 1 aromatic carbocycles. The Kier molecular flexibility index (Phi) is 5.22. The van der Waals surface area contributed by atoms with Gasteiger partial charge in [-0.1, -0.05) is 12.1 Å². The lowest BCUT2D eigenvalue weighted by molar-refractivity contribution is 0.287. The molecule has 1 aromatic rings. The zero-order valence-electron chi connectivity index (χ0n) is 10.4. The van der Waals surface area contributed by atoms with Crippen LogP contribution in [0.2, 0.25) is 0 Å². The topological polar surface area (TPSA) is 18.5 Å². The average molecular weight is 256 g/mol. The van der Waals surface area contributed by atoms with E-state index in [2.05, 4.69) is 24.8 Å². The van der Waals surface area contributed by atoms with E-state index < -0.39 is 0 Å². The van der Waals surface area contributed by atoms with Crippen LogP contribution in [0.3, 0.4) is 0 Å². The minimum Gasteiger partial charge on any atom is -0.490 e. The molecule has 0 aliphatic heterocycles. The molecule has 0 heterocycles. The molecule has 0 aromatic heterocycles. The molecule has 0 fully saturated rings. The molecule has 0 spiro atoms. The summed E-state index contributed by atoms with van der Waals surface area (Å²) >= 11 is 4.48. The van der Waals surface area contributed by atoms with Crippen molar-refractivity contribution in [1.82, 2.24) is 0 Å². The fourth-order valence-corrected chi connectivity index (χ4v) is 2.36. The number of hydrogen-bond acceptors (Lipinski definition) is 3. The van der Waals surface area contributed by atoms with Gasteiger partial charge in [-0.15, -0.1) is 0 Å². The van der Waals surface area contributed by atoms with Crippen molar-refractivity contribution < 1.29 is 9.47 Å². The van der Waals surface area contributed by atoms with Gasteiger partial charge >= 0.3 is 0 Å². The third-order valence-corrected chi connectivity index (χ3v) is 3.43. The Balaban J connectivity index is 3.25. The van der Waals surface area contributed by atoms with Crippen molar-refractivity contribution in [1.29, 1.82) is 0 Å². The molecule has 0 N–H and O–H groups in total. The Bertz CT molecular complexity index is 353. The van der Waals surface area contributed by atoms with Crippen molar-refractivity contribution in [2.75, 3.05) is 13.2 Å². The predicted octanol–water partition coefficient (Wildman–Crippen LogP) is 1.47. The molecule has 16 heavy (non-hydrogen) atoms. The zero-order valence-corrected chi connectivity index (χ0v) is 13.3. The van der Waals surface area contributed by atoms with Gasteiger partial charge in [-0.05, 0) is 26.0 Å². The molecule has 90 valence electrons. The quantitative estimate of drug-likeness (QED) is 0.635. The zero-order chi connectivity index (χ0) is 12.1. The van der Waals surface area contributed by atoms with Gasteiger partial charge in [0.05, 0.1) is 13.2 Å². The second-order valence-electron chi connectivity index (χ2n) is 3.67. The molecular formula is C12H20O2SSi. The molecule has 1 atom stereocenters. The van der Waals surface area contributed by atoms with Gasteiger partial charge < -0.3 is 9.47 Å². The van der Waals surface area contributed by atoms with Gasteiger partial charge in [0, 0.05) is 21.1 Å². The second kappa shape index (κ2) is 6.20. The summed E-state index contributed by atoms with van der Waals surface area (Å²) in [7, 11) is 0.959. The van der Waals surface area contributed by atoms with Crippen LogP contribution in [-0.2, 0) is 0 Å². The van der Waals surface area contributed by atoms with Gasteiger partial charge in [0.1, 0.15) is 0 Å². The average Bonchev–Trinajstić information content (AvgIpc) is 2.23. The van der Waals surface area contributed by atoms with Crippen LogP contribution in [0.25, 0.3) is 0 Å². The highest BCUT2D eigenvalue weighted by Gasteiger charge is 2.16. The SMILES string of the molecule is CCOc1c([SiH3])ccc(C(C)S)c1OCC. The Morgan fingerprint density at radius 2 is 1.75 bits per heavy atom. The van der Waals surface area contributed by atoms with E-state index in [0.29, 0.717) is 13.2 Å². The minimum absolute atomic E-state index is 0.156. The number of ether oxygens (including phenoxy) is 2. The largest absolute Gasteiger partial charge is 0.490 e. The molecular weight excluding hydrogens is 236 g/mol. The maximum Gasteiger partial charge on any atom is 0.165 e. The van der Waals surface area contributed by atoms with Crippen molar-refractivity contribution in [3.63, 3.8) is 0 Å². The summed E-state index contributed by atoms with van der Waals surface area (Å²) in [6.45, 7) is 7.34. The number of thiol groups is 1. The van der Waals surface area contributed by atoms with E-state index in [9.17, 15) is 0 Å². The first-order valence-electron chi connectivity index (χ1n) is 5.68. The summed E-state index contributed by atoms with van der Waals surface area (Å²) in [6, 6.07) is 4.20. The minimum atomic E-state index is 0.156. The van der Waals surface area contributed by atoms with Crippen molar-refractivity contribution in [2.45, 2.75) is 26.0 Å². The Morgan fingerprint density at radius 1 is 1.19 bits per heavy atom. The molecule has 2 nitrogen and oxygen atoms in total. The first-order chi connectivity index (χ1) is 7.61. The molecule has 0 amide bonds. The third kappa shape index (κ3) is 2.95. The van der Waals surface area contributed by atoms with Gasteiger partial charge in [0.25, 0.3) is 0 Å². The molecule has 0 saturated heterocycles. The lowest BCUT2D eigenvalue weighted by atomic mass is 10.1. The molecule has 0 saturated carbocycles. The van der Waals surface area contributed by atoms with Gasteiger partial charge in [0.2, 0.25) is 0 Å².